The largest absolute Gasteiger partial charge is 0.459 e. The Morgan fingerprint density at radius 3 is 3.31 bits per heavy atom. The van der Waals surface area contributed by atoms with E-state index in [0.29, 0.717) is 0 Å². The molecular formula is C8H11N3O5. The molecule has 2 rings (SSSR count). The molecule has 8 nitrogen and oxygen atoms in total. The zero-order valence-corrected chi connectivity index (χ0v) is 8.22. The van der Waals surface area contributed by atoms with E-state index in [1.807, 2.05) is 0 Å². The van der Waals surface area contributed by atoms with Crippen molar-refractivity contribution >= 4 is 5.97 Å². The second kappa shape index (κ2) is 4.26. The fourth-order valence-electron chi connectivity index (χ4n) is 1.84. The summed E-state index contributed by atoms with van der Waals surface area (Å²) in [4.78, 5) is 13.7. The van der Waals surface area contributed by atoms with Gasteiger partial charge < -0.3 is 19.3 Å². The van der Waals surface area contributed by atoms with Gasteiger partial charge in [-0.05, 0) is 5.53 Å². The van der Waals surface area contributed by atoms with Gasteiger partial charge in [0.25, 0.3) is 0 Å². The lowest BCUT2D eigenvalue weighted by Crippen LogP contribution is -2.54. The molecule has 2 aliphatic rings. The molecule has 2 fully saturated rings. The van der Waals surface area contributed by atoms with Crippen LogP contribution in [-0.2, 0) is 19.0 Å². The fraction of sp³-hybridized carbons (Fsp3) is 0.875. The summed E-state index contributed by atoms with van der Waals surface area (Å²) in [6, 6.07) is -0.941. The monoisotopic (exact) mass is 230 g/mol. The third-order valence-corrected chi connectivity index (χ3v) is 2.52. The normalized spacial score (nSPS) is 42.1. The van der Waals surface area contributed by atoms with Gasteiger partial charge in [0.1, 0.15) is 24.4 Å². The highest BCUT2D eigenvalue weighted by molar-refractivity contribution is 5.66. The molecule has 2 saturated heterocycles. The van der Waals surface area contributed by atoms with Gasteiger partial charge in [-0.25, -0.2) is 0 Å². The first-order chi connectivity index (χ1) is 8.17. The minimum atomic E-state index is -1.13. The number of hydrogen-bond acceptors (Lipinski definition) is 6. The molecule has 2 bridgehead atoms. The van der Waals surface area contributed by atoms with Crippen LogP contribution in [-0.4, -0.2) is 48.3 Å². The van der Waals surface area contributed by atoms with Crippen LogP contribution in [0.15, 0.2) is 5.11 Å². The number of fused-ring (bicyclic) bond motifs is 2. The summed E-state index contributed by atoms with van der Waals surface area (Å²) < 4.78 is 22.2. The minimum absolute atomic E-state index is 0.151. The van der Waals surface area contributed by atoms with Crippen LogP contribution in [0.1, 0.15) is 8.27 Å². The summed E-state index contributed by atoms with van der Waals surface area (Å²) in [5.74, 6) is -0.798. The third kappa shape index (κ3) is 1.83. The maximum absolute atomic E-state index is 11.1. The van der Waals surface area contributed by atoms with Gasteiger partial charge in [0, 0.05) is 13.2 Å². The van der Waals surface area contributed by atoms with E-state index in [0.717, 1.165) is 0 Å². The molecule has 0 aliphatic carbocycles. The van der Waals surface area contributed by atoms with Crippen molar-refractivity contribution in [3.63, 3.8) is 0 Å². The average Bonchev–Trinajstić information content (AvgIpc) is 2.77. The number of aliphatic hydroxyl groups excluding tert-OH is 1. The van der Waals surface area contributed by atoms with Gasteiger partial charge in [-0.3, -0.25) is 4.79 Å². The molecule has 0 amide bonds. The second-order valence-corrected chi connectivity index (χ2v) is 3.52. The van der Waals surface area contributed by atoms with Crippen molar-refractivity contribution < 1.29 is 25.5 Å². The zero-order valence-electron chi connectivity index (χ0n) is 9.22. The van der Waals surface area contributed by atoms with Crippen LogP contribution >= 0.6 is 0 Å². The van der Waals surface area contributed by atoms with Crippen LogP contribution in [0.25, 0.3) is 10.4 Å². The van der Waals surface area contributed by atoms with E-state index in [-0.39, 0.29) is 6.61 Å². The number of aliphatic hydroxyl groups is 1. The van der Waals surface area contributed by atoms with E-state index in [1.54, 1.807) is 0 Å². The van der Waals surface area contributed by atoms with E-state index in [9.17, 15) is 9.90 Å². The molecule has 0 spiro atoms. The second-order valence-electron chi connectivity index (χ2n) is 3.52. The van der Waals surface area contributed by atoms with Gasteiger partial charge in [0.05, 0.1) is 6.61 Å². The Bertz CT molecular complexity index is 361. The Hall–Kier alpha value is -1.34. The number of ether oxygens (including phenoxy) is 3. The molecule has 2 aliphatic heterocycles. The van der Waals surface area contributed by atoms with Crippen LogP contribution in [0.2, 0.25) is 0 Å². The SMILES string of the molecule is [2H]CC(=O)O[C@H]1[C@H](O)[C@H]2COC(O2)[C@@H]1N=[N+]=[N-]. The van der Waals surface area contributed by atoms with Crippen molar-refractivity contribution in [1.29, 1.82) is 0 Å². The van der Waals surface area contributed by atoms with Gasteiger partial charge in [-0.1, -0.05) is 5.11 Å². The van der Waals surface area contributed by atoms with Crippen LogP contribution in [0.4, 0.5) is 0 Å². The first kappa shape index (κ1) is 9.86. The number of nitrogens with zero attached hydrogens (tertiary/aromatic N) is 3. The number of esters is 1. The van der Waals surface area contributed by atoms with Crippen LogP contribution in [0.5, 0.6) is 0 Å². The van der Waals surface area contributed by atoms with E-state index >= 15 is 0 Å². The molecule has 1 unspecified atom stereocenters. The van der Waals surface area contributed by atoms with Crippen molar-refractivity contribution in [2.24, 2.45) is 5.11 Å². The van der Waals surface area contributed by atoms with Crippen LogP contribution in [0.3, 0.4) is 0 Å². The van der Waals surface area contributed by atoms with Crippen molar-refractivity contribution in [2.75, 3.05) is 6.61 Å². The quantitative estimate of drug-likeness (QED) is 0.303. The molecule has 0 saturated carbocycles. The molecular weight excluding hydrogens is 218 g/mol. The standard InChI is InChI=1S/C8H11N3O5/c1-3(12)15-7-5(10-11-9)8-14-2-4(16-8)6(7)13/h4-8,13H,2H2,1H3/t4-,5-,6-,7-,8?/m1/s1/i1D. The molecule has 2 heterocycles. The summed E-state index contributed by atoms with van der Waals surface area (Å²) in [7, 11) is 0. The van der Waals surface area contributed by atoms with E-state index in [4.69, 9.17) is 21.1 Å². The van der Waals surface area contributed by atoms with Crippen molar-refractivity contribution in [1.82, 2.24) is 0 Å². The number of hydrogen-bond donors (Lipinski definition) is 1. The lowest BCUT2D eigenvalue weighted by molar-refractivity contribution is -0.196. The number of azide groups is 1. The van der Waals surface area contributed by atoms with Crippen molar-refractivity contribution in [3.8, 4) is 0 Å². The highest BCUT2D eigenvalue weighted by atomic mass is 16.7. The van der Waals surface area contributed by atoms with Gasteiger partial charge in [-0.15, -0.1) is 0 Å². The summed E-state index contributed by atoms with van der Waals surface area (Å²) >= 11 is 0. The predicted octanol–water partition coefficient (Wildman–Crippen LogP) is -0.287. The maximum atomic E-state index is 11.1. The summed E-state index contributed by atoms with van der Waals surface area (Å²) in [5, 5.41) is 13.3. The topological polar surface area (TPSA) is 114 Å². The highest BCUT2D eigenvalue weighted by Gasteiger charge is 2.51. The Balaban J connectivity index is 2.18. The first-order valence-corrected chi connectivity index (χ1v) is 4.65. The molecule has 1 N–H and O–H groups in total. The first-order valence-electron chi connectivity index (χ1n) is 5.36. The maximum Gasteiger partial charge on any atom is 0.303 e. The van der Waals surface area contributed by atoms with Gasteiger partial charge in [0.15, 0.2) is 6.29 Å². The van der Waals surface area contributed by atoms with Crippen LogP contribution in [0, 0.1) is 0 Å². The molecule has 0 aromatic heterocycles. The summed E-state index contributed by atoms with van der Waals surface area (Å²) in [6.45, 7) is -0.415. The fourth-order valence-corrected chi connectivity index (χ4v) is 1.84. The molecule has 0 radical (unpaired) electrons. The lowest BCUT2D eigenvalue weighted by Gasteiger charge is -2.35. The summed E-state index contributed by atoms with van der Waals surface area (Å²) in [5.41, 5.74) is 8.43. The minimum Gasteiger partial charge on any atom is -0.459 e. The Morgan fingerprint density at radius 1 is 1.81 bits per heavy atom. The number of carbonyl (C=O) groups is 1. The Kier molecular flexibility index (Phi) is 2.63. The Morgan fingerprint density at radius 2 is 2.62 bits per heavy atom. The molecule has 88 valence electrons. The predicted molar refractivity (Wildman–Crippen MR) is 49.1 cm³/mol. The molecule has 8 heteroatoms. The van der Waals surface area contributed by atoms with E-state index < -0.39 is 43.5 Å². The van der Waals surface area contributed by atoms with Crippen LogP contribution < -0.4 is 0 Å². The smallest absolute Gasteiger partial charge is 0.303 e. The molecule has 16 heavy (non-hydrogen) atoms. The summed E-state index contributed by atoms with van der Waals surface area (Å²) in [6.07, 6.45) is -3.58. The lowest BCUT2D eigenvalue weighted by atomic mass is 9.99. The van der Waals surface area contributed by atoms with E-state index in [1.165, 1.54) is 0 Å². The number of rotatable bonds is 2. The van der Waals surface area contributed by atoms with Gasteiger partial charge in [0.2, 0.25) is 0 Å². The number of carbonyl (C=O) groups excluding carboxylic acids is 1. The molecule has 0 aromatic rings. The van der Waals surface area contributed by atoms with Crippen molar-refractivity contribution in [2.45, 2.75) is 37.5 Å². The average molecular weight is 230 g/mol. The highest BCUT2D eigenvalue weighted by Crippen LogP contribution is 2.31. The third-order valence-electron chi connectivity index (χ3n) is 2.52. The van der Waals surface area contributed by atoms with Gasteiger partial charge >= 0.3 is 5.97 Å². The van der Waals surface area contributed by atoms with E-state index in [2.05, 4.69) is 10.0 Å². The van der Waals surface area contributed by atoms with Gasteiger partial charge in [-0.2, -0.15) is 0 Å². The van der Waals surface area contributed by atoms with Crippen molar-refractivity contribution in [3.05, 3.63) is 10.4 Å². The Labute approximate surface area is 92.1 Å². The molecule has 5 atom stereocenters. The zero-order chi connectivity index (χ0) is 12.4. The molecule has 0 aromatic carbocycles.